The number of hydrogen-bond donors (Lipinski definition) is 1. The standard InChI is InChI=1S/C18H23NO5S/c1-13-5-7-16(14(2)11-13)24-10-9-19-25(20,21)18-8-6-15(22-3)12-17(18)23-4/h5-8,11-12,19H,9-10H2,1-4H3. The lowest BCUT2D eigenvalue weighted by Crippen LogP contribution is -2.28. The Labute approximate surface area is 148 Å². The third-order valence-corrected chi connectivity index (χ3v) is 5.14. The van der Waals surface area contributed by atoms with E-state index in [1.807, 2.05) is 32.0 Å². The second-order valence-electron chi connectivity index (χ2n) is 5.53. The molecule has 2 aromatic carbocycles. The molecule has 0 aliphatic heterocycles. The minimum atomic E-state index is -3.71. The molecule has 0 bridgehead atoms. The van der Waals surface area contributed by atoms with Crippen LogP contribution in [0, 0.1) is 13.8 Å². The van der Waals surface area contributed by atoms with E-state index in [0.29, 0.717) is 5.75 Å². The Morgan fingerprint density at radius 1 is 0.960 bits per heavy atom. The van der Waals surface area contributed by atoms with E-state index in [-0.39, 0.29) is 23.8 Å². The molecule has 0 radical (unpaired) electrons. The second kappa shape index (κ2) is 8.22. The largest absolute Gasteiger partial charge is 0.497 e. The first-order chi connectivity index (χ1) is 11.9. The molecule has 0 saturated heterocycles. The Kier molecular flexibility index (Phi) is 6.27. The number of sulfonamides is 1. The van der Waals surface area contributed by atoms with Crippen LogP contribution in [0.15, 0.2) is 41.3 Å². The lowest BCUT2D eigenvalue weighted by molar-refractivity contribution is 0.320. The van der Waals surface area contributed by atoms with Crippen molar-refractivity contribution >= 4 is 10.0 Å². The van der Waals surface area contributed by atoms with Crippen molar-refractivity contribution < 1.29 is 22.6 Å². The van der Waals surface area contributed by atoms with Crippen LogP contribution in [-0.4, -0.2) is 35.8 Å². The van der Waals surface area contributed by atoms with E-state index in [2.05, 4.69) is 4.72 Å². The van der Waals surface area contributed by atoms with Gasteiger partial charge in [0.15, 0.2) is 0 Å². The Hall–Kier alpha value is -2.25. The molecule has 6 nitrogen and oxygen atoms in total. The first-order valence-corrected chi connectivity index (χ1v) is 9.27. The van der Waals surface area contributed by atoms with Crippen molar-refractivity contribution in [3.8, 4) is 17.2 Å². The molecular weight excluding hydrogens is 342 g/mol. The highest BCUT2D eigenvalue weighted by Gasteiger charge is 2.19. The Bertz CT molecular complexity index is 833. The summed E-state index contributed by atoms with van der Waals surface area (Å²) in [6, 6.07) is 10.4. The molecule has 7 heteroatoms. The molecule has 0 amide bonds. The average molecular weight is 365 g/mol. The second-order valence-corrected chi connectivity index (χ2v) is 7.27. The zero-order chi connectivity index (χ0) is 18.4. The number of aryl methyl sites for hydroxylation is 2. The van der Waals surface area contributed by atoms with Crippen LogP contribution in [0.1, 0.15) is 11.1 Å². The van der Waals surface area contributed by atoms with Gasteiger partial charge in [-0.15, -0.1) is 0 Å². The van der Waals surface area contributed by atoms with E-state index in [9.17, 15) is 8.42 Å². The summed E-state index contributed by atoms with van der Waals surface area (Å²) in [4.78, 5) is 0.0577. The zero-order valence-corrected chi connectivity index (χ0v) is 15.6. The molecule has 0 atom stereocenters. The SMILES string of the molecule is COc1ccc(S(=O)(=O)NCCOc2ccc(C)cc2C)c(OC)c1. The molecule has 0 saturated carbocycles. The molecule has 25 heavy (non-hydrogen) atoms. The van der Waals surface area contributed by atoms with Crippen molar-refractivity contribution in [3.05, 3.63) is 47.5 Å². The maximum Gasteiger partial charge on any atom is 0.244 e. The van der Waals surface area contributed by atoms with E-state index >= 15 is 0 Å². The van der Waals surface area contributed by atoms with Crippen molar-refractivity contribution in [3.63, 3.8) is 0 Å². The monoisotopic (exact) mass is 365 g/mol. The highest BCUT2D eigenvalue weighted by molar-refractivity contribution is 7.89. The highest BCUT2D eigenvalue weighted by atomic mass is 32.2. The fourth-order valence-electron chi connectivity index (χ4n) is 2.37. The lowest BCUT2D eigenvalue weighted by Gasteiger charge is -2.13. The smallest absolute Gasteiger partial charge is 0.244 e. The van der Waals surface area contributed by atoms with Gasteiger partial charge in [0.1, 0.15) is 28.8 Å². The molecule has 2 aromatic rings. The first-order valence-electron chi connectivity index (χ1n) is 7.79. The molecule has 0 aromatic heterocycles. The van der Waals surface area contributed by atoms with Crippen LogP contribution in [0.25, 0.3) is 0 Å². The number of hydrogen-bond acceptors (Lipinski definition) is 5. The molecule has 0 aliphatic carbocycles. The van der Waals surface area contributed by atoms with Gasteiger partial charge < -0.3 is 14.2 Å². The van der Waals surface area contributed by atoms with Crippen molar-refractivity contribution in [1.82, 2.24) is 4.72 Å². The topological polar surface area (TPSA) is 73.9 Å². The number of nitrogens with one attached hydrogen (secondary N) is 1. The summed E-state index contributed by atoms with van der Waals surface area (Å²) < 4.78 is 43.3. The maximum absolute atomic E-state index is 12.4. The molecule has 0 unspecified atom stereocenters. The van der Waals surface area contributed by atoms with Crippen LogP contribution in [0.2, 0.25) is 0 Å². The van der Waals surface area contributed by atoms with Crippen molar-refractivity contribution in [1.29, 1.82) is 0 Å². The van der Waals surface area contributed by atoms with Crippen LogP contribution < -0.4 is 18.9 Å². The molecule has 136 valence electrons. The summed E-state index contributed by atoms with van der Waals surface area (Å²) in [7, 11) is -0.791. The normalized spacial score (nSPS) is 11.2. The van der Waals surface area contributed by atoms with Gasteiger partial charge in [0.25, 0.3) is 0 Å². The molecule has 0 fully saturated rings. The molecule has 1 N–H and O–H groups in total. The minimum absolute atomic E-state index is 0.0577. The van der Waals surface area contributed by atoms with Gasteiger partial charge in [-0.3, -0.25) is 0 Å². The van der Waals surface area contributed by atoms with Crippen LogP contribution in [0.3, 0.4) is 0 Å². The Morgan fingerprint density at radius 2 is 1.72 bits per heavy atom. The van der Waals surface area contributed by atoms with Crippen molar-refractivity contribution in [2.75, 3.05) is 27.4 Å². The van der Waals surface area contributed by atoms with E-state index in [1.54, 1.807) is 6.07 Å². The van der Waals surface area contributed by atoms with E-state index in [0.717, 1.165) is 16.9 Å². The van der Waals surface area contributed by atoms with Crippen molar-refractivity contribution in [2.24, 2.45) is 0 Å². The molecule has 0 aliphatic rings. The van der Waals surface area contributed by atoms with Gasteiger partial charge in [0.2, 0.25) is 10.0 Å². The molecular formula is C18H23NO5S. The lowest BCUT2D eigenvalue weighted by atomic mass is 10.1. The number of rotatable bonds is 8. The Morgan fingerprint density at radius 3 is 2.36 bits per heavy atom. The number of methoxy groups -OCH3 is 2. The maximum atomic E-state index is 12.4. The van der Waals surface area contributed by atoms with Crippen LogP contribution in [-0.2, 0) is 10.0 Å². The summed E-state index contributed by atoms with van der Waals surface area (Å²) in [6.07, 6.45) is 0. The predicted octanol–water partition coefficient (Wildman–Crippen LogP) is 2.68. The first kappa shape index (κ1) is 19.1. The van der Waals surface area contributed by atoms with Crippen LogP contribution >= 0.6 is 0 Å². The van der Waals surface area contributed by atoms with Crippen LogP contribution in [0.4, 0.5) is 0 Å². The van der Waals surface area contributed by atoms with Crippen molar-refractivity contribution in [2.45, 2.75) is 18.7 Å². The van der Waals surface area contributed by atoms with Gasteiger partial charge in [0, 0.05) is 12.6 Å². The number of benzene rings is 2. The summed E-state index contributed by atoms with van der Waals surface area (Å²) in [5.41, 5.74) is 2.16. The van der Waals surface area contributed by atoms with E-state index in [4.69, 9.17) is 14.2 Å². The highest BCUT2D eigenvalue weighted by Crippen LogP contribution is 2.28. The van der Waals surface area contributed by atoms with Gasteiger partial charge in [0.05, 0.1) is 14.2 Å². The molecule has 0 spiro atoms. The average Bonchev–Trinajstić information content (AvgIpc) is 2.59. The van der Waals surface area contributed by atoms with Gasteiger partial charge >= 0.3 is 0 Å². The minimum Gasteiger partial charge on any atom is -0.497 e. The quantitative estimate of drug-likeness (QED) is 0.728. The third-order valence-electron chi connectivity index (χ3n) is 3.64. The zero-order valence-electron chi connectivity index (χ0n) is 14.8. The van der Waals surface area contributed by atoms with Gasteiger partial charge in [-0.2, -0.15) is 0 Å². The van der Waals surface area contributed by atoms with Gasteiger partial charge in [-0.25, -0.2) is 13.1 Å². The third kappa shape index (κ3) is 4.87. The van der Waals surface area contributed by atoms with E-state index in [1.165, 1.54) is 26.4 Å². The summed E-state index contributed by atoms with van der Waals surface area (Å²) >= 11 is 0. The number of ether oxygens (including phenoxy) is 3. The molecule has 0 heterocycles. The summed E-state index contributed by atoms with van der Waals surface area (Å²) in [5.74, 6) is 1.49. The summed E-state index contributed by atoms with van der Waals surface area (Å²) in [6.45, 7) is 4.33. The predicted molar refractivity (Wildman–Crippen MR) is 96.1 cm³/mol. The summed E-state index contributed by atoms with van der Waals surface area (Å²) in [5, 5.41) is 0. The fraction of sp³-hybridized carbons (Fsp3) is 0.333. The van der Waals surface area contributed by atoms with Gasteiger partial charge in [-0.1, -0.05) is 17.7 Å². The molecule has 2 rings (SSSR count). The Balaban J connectivity index is 2.00. The van der Waals surface area contributed by atoms with E-state index < -0.39 is 10.0 Å². The van der Waals surface area contributed by atoms with Crippen LogP contribution in [0.5, 0.6) is 17.2 Å². The van der Waals surface area contributed by atoms with Gasteiger partial charge in [-0.05, 0) is 37.6 Å². The fourth-order valence-corrected chi connectivity index (χ4v) is 3.53.